The molecule has 0 aromatic carbocycles. The summed E-state index contributed by atoms with van der Waals surface area (Å²) >= 11 is 1.46. The summed E-state index contributed by atoms with van der Waals surface area (Å²) in [6.07, 6.45) is 4.65. The van der Waals surface area contributed by atoms with Crippen molar-refractivity contribution in [2.45, 2.75) is 18.9 Å². The summed E-state index contributed by atoms with van der Waals surface area (Å²) in [6, 6.07) is 5.46. The highest BCUT2D eigenvalue weighted by molar-refractivity contribution is 7.88. The molecule has 3 rings (SSSR count). The van der Waals surface area contributed by atoms with Crippen LogP contribution in [0.15, 0.2) is 29.8 Å². The predicted octanol–water partition coefficient (Wildman–Crippen LogP) is 2.38. The summed E-state index contributed by atoms with van der Waals surface area (Å²) in [6.45, 7) is 0.573. The number of pyridine rings is 1. The number of nitrogens with one attached hydrogen (secondary N) is 1. The summed E-state index contributed by atoms with van der Waals surface area (Å²) in [4.78, 5) is 8.70. The van der Waals surface area contributed by atoms with Gasteiger partial charge in [-0.1, -0.05) is 6.07 Å². The number of anilines is 2. The van der Waals surface area contributed by atoms with Crippen molar-refractivity contribution in [3.8, 4) is 0 Å². The van der Waals surface area contributed by atoms with E-state index >= 15 is 0 Å². The van der Waals surface area contributed by atoms with Gasteiger partial charge in [-0.2, -0.15) is 4.31 Å². The summed E-state index contributed by atoms with van der Waals surface area (Å²) in [5, 5.41) is 5.77. The zero-order chi connectivity index (χ0) is 14.9. The third-order valence-electron chi connectivity index (χ3n) is 3.39. The average molecular weight is 324 g/mol. The molecule has 2 aromatic heterocycles. The van der Waals surface area contributed by atoms with Gasteiger partial charge in [0, 0.05) is 18.1 Å². The van der Waals surface area contributed by atoms with Gasteiger partial charge in [0.2, 0.25) is 10.0 Å². The number of aromatic nitrogens is 2. The largest absolute Gasteiger partial charge is 0.316 e. The van der Waals surface area contributed by atoms with Crippen LogP contribution in [-0.2, 0) is 10.0 Å². The smallest absolute Gasteiger partial charge is 0.211 e. The van der Waals surface area contributed by atoms with Crippen molar-refractivity contribution in [1.82, 2.24) is 14.3 Å². The van der Waals surface area contributed by atoms with E-state index in [9.17, 15) is 8.42 Å². The second-order valence-corrected chi connectivity index (χ2v) is 7.74. The fourth-order valence-corrected chi connectivity index (χ4v) is 4.38. The number of nitrogens with zero attached hydrogens (tertiary/aromatic N) is 3. The van der Waals surface area contributed by atoms with Crippen LogP contribution in [0, 0.1) is 0 Å². The molecule has 1 atom stereocenters. The van der Waals surface area contributed by atoms with Gasteiger partial charge in [-0.05, 0) is 25.0 Å². The fraction of sp³-hybridized carbons (Fsp3) is 0.385. The Balaban J connectivity index is 1.79. The standard InChI is InChI=1S/C13H16N4O2S2/c1-21(18,19)17-8-4-5-11(17)10-9-20-13(15-10)16-12-6-2-3-7-14-12/h2-3,6-7,9,11H,4-5,8H2,1H3,(H,14,15,16). The lowest BCUT2D eigenvalue weighted by Gasteiger charge is -2.20. The maximum absolute atomic E-state index is 11.8. The summed E-state index contributed by atoms with van der Waals surface area (Å²) in [7, 11) is -3.18. The first-order valence-corrected chi connectivity index (χ1v) is 9.37. The molecule has 3 heterocycles. The Kier molecular flexibility index (Phi) is 3.92. The lowest BCUT2D eigenvalue weighted by Crippen LogP contribution is -2.29. The third-order valence-corrected chi connectivity index (χ3v) is 5.46. The molecule has 1 N–H and O–H groups in total. The number of sulfonamides is 1. The Bertz CT molecular complexity index is 715. The molecule has 0 spiro atoms. The van der Waals surface area contributed by atoms with E-state index in [1.165, 1.54) is 21.9 Å². The number of rotatable bonds is 4. The van der Waals surface area contributed by atoms with Crippen LogP contribution in [0.1, 0.15) is 24.6 Å². The lowest BCUT2D eigenvalue weighted by atomic mass is 10.2. The maximum atomic E-state index is 11.8. The Labute approximate surface area is 127 Å². The van der Waals surface area contributed by atoms with Gasteiger partial charge >= 0.3 is 0 Å². The fourth-order valence-electron chi connectivity index (χ4n) is 2.48. The van der Waals surface area contributed by atoms with Crippen LogP contribution in [0.3, 0.4) is 0 Å². The van der Waals surface area contributed by atoms with E-state index in [0.29, 0.717) is 6.54 Å². The van der Waals surface area contributed by atoms with Crippen molar-refractivity contribution >= 4 is 32.3 Å². The van der Waals surface area contributed by atoms with E-state index in [2.05, 4.69) is 15.3 Å². The Morgan fingerprint density at radius 3 is 3.00 bits per heavy atom. The second-order valence-electron chi connectivity index (χ2n) is 4.95. The molecule has 6 nitrogen and oxygen atoms in total. The van der Waals surface area contributed by atoms with Crippen molar-refractivity contribution in [2.75, 3.05) is 18.1 Å². The summed E-state index contributed by atoms with van der Waals surface area (Å²) < 4.78 is 25.1. The molecule has 1 aliphatic rings. The summed E-state index contributed by atoms with van der Waals surface area (Å²) in [5.74, 6) is 0.727. The SMILES string of the molecule is CS(=O)(=O)N1CCCC1c1csc(Nc2ccccn2)n1. The van der Waals surface area contributed by atoms with Crippen LogP contribution in [0.2, 0.25) is 0 Å². The molecular weight excluding hydrogens is 308 g/mol. The van der Waals surface area contributed by atoms with Crippen molar-refractivity contribution in [1.29, 1.82) is 0 Å². The molecule has 1 unspecified atom stereocenters. The van der Waals surface area contributed by atoms with Gasteiger partial charge < -0.3 is 5.32 Å². The molecule has 0 aliphatic carbocycles. The molecule has 0 amide bonds. The minimum atomic E-state index is -3.18. The molecule has 0 radical (unpaired) electrons. The summed E-state index contributed by atoms with van der Waals surface area (Å²) in [5.41, 5.74) is 0.807. The molecule has 112 valence electrons. The highest BCUT2D eigenvalue weighted by Crippen LogP contribution is 2.35. The van der Waals surface area contributed by atoms with E-state index in [-0.39, 0.29) is 6.04 Å². The van der Waals surface area contributed by atoms with Crippen LogP contribution in [-0.4, -0.2) is 35.5 Å². The molecule has 1 aliphatic heterocycles. The zero-order valence-electron chi connectivity index (χ0n) is 11.6. The first-order valence-electron chi connectivity index (χ1n) is 6.64. The van der Waals surface area contributed by atoms with Gasteiger partial charge in [0.1, 0.15) is 5.82 Å². The van der Waals surface area contributed by atoms with E-state index < -0.39 is 10.0 Å². The quantitative estimate of drug-likeness (QED) is 0.934. The Hall–Kier alpha value is -1.51. The normalized spacial score (nSPS) is 19.8. The Morgan fingerprint density at radius 1 is 1.43 bits per heavy atom. The van der Waals surface area contributed by atoms with Crippen molar-refractivity contribution in [2.24, 2.45) is 0 Å². The van der Waals surface area contributed by atoms with Gasteiger partial charge in [-0.3, -0.25) is 0 Å². The number of hydrogen-bond acceptors (Lipinski definition) is 6. The van der Waals surface area contributed by atoms with Crippen LogP contribution in [0.4, 0.5) is 10.9 Å². The number of thiazole rings is 1. The van der Waals surface area contributed by atoms with Crippen LogP contribution in [0.25, 0.3) is 0 Å². The molecule has 1 fully saturated rings. The van der Waals surface area contributed by atoms with E-state index in [1.807, 2.05) is 23.6 Å². The van der Waals surface area contributed by atoms with Crippen molar-refractivity contribution in [3.63, 3.8) is 0 Å². The topological polar surface area (TPSA) is 75.2 Å². The van der Waals surface area contributed by atoms with Crippen LogP contribution >= 0.6 is 11.3 Å². The third kappa shape index (κ3) is 3.22. The predicted molar refractivity (Wildman–Crippen MR) is 83.2 cm³/mol. The van der Waals surface area contributed by atoms with Crippen LogP contribution < -0.4 is 5.32 Å². The monoisotopic (exact) mass is 324 g/mol. The molecular formula is C13H16N4O2S2. The molecule has 0 saturated carbocycles. The highest BCUT2D eigenvalue weighted by atomic mass is 32.2. The molecule has 2 aromatic rings. The van der Waals surface area contributed by atoms with Gasteiger partial charge in [0.05, 0.1) is 18.0 Å². The first kappa shape index (κ1) is 14.4. The number of hydrogen-bond donors (Lipinski definition) is 1. The molecule has 8 heteroatoms. The van der Waals surface area contributed by atoms with E-state index in [0.717, 1.165) is 29.5 Å². The molecule has 0 bridgehead atoms. The maximum Gasteiger partial charge on any atom is 0.211 e. The van der Waals surface area contributed by atoms with E-state index in [1.54, 1.807) is 6.20 Å². The van der Waals surface area contributed by atoms with Gasteiger partial charge in [0.15, 0.2) is 5.13 Å². The minimum absolute atomic E-state index is 0.143. The van der Waals surface area contributed by atoms with Crippen molar-refractivity contribution in [3.05, 3.63) is 35.5 Å². The average Bonchev–Trinajstić information content (AvgIpc) is 3.07. The molecule has 21 heavy (non-hydrogen) atoms. The second kappa shape index (κ2) is 5.70. The Morgan fingerprint density at radius 2 is 2.29 bits per heavy atom. The van der Waals surface area contributed by atoms with Gasteiger partial charge in [0.25, 0.3) is 0 Å². The van der Waals surface area contributed by atoms with Gasteiger partial charge in [-0.15, -0.1) is 11.3 Å². The highest BCUT2D eigenvalue weighted by Gasteiger charge is 2.33. The minimum Gasteiger partial charge on any atom is -0.316 e. The lowest BCUT2D eigenvalue weighted by molar-refractivity contribution is 0.395. The van der Waals surface area contributed by atoms with Gasteiger partial charge in [-0.25, -0.2) is 18.4 Å². The van der Waals surface area contributed by atoms with Crippen LogP contribution in [0.5, 0.6) is 0 Å². The van der Waals surface area contributed by atoms with Crippen molar-refractivity contribution < 1.29 is 8.42 Å². The van der Waals surface area contributed by atoms with E-state index in [4.69, 9.17) is 0 Å². The molecule has 1 saturated heterocycles. The first-order chi connectivity index (χ1) is 10.0. The zero-order valence-corrected chi connectivity index (χ0v) is 13.2.